The van der Waals surface area contributed by atoms with E-state index in [4.69, 9.17) is 14.6 Å². The van der Waals surface area contributed by atoms with Crippen LogP contribution in [0.25, 0.3) is 0 Å². The van der Waals surface area contributed by atoms with Crippen LogP contribution in [0.3, 0.4) is 0 Å². The molecule has 3 aliphatic rings. The van der Waals surface area contributed by atoms with Gasteiger partial charge < -0.3 is 30.3 Å². The van der Waals surface area contributed by atoms with Crippen LogP contribution in [0.1, 0.15) is 36.7 Å². The first-order chi connectivity index (χ1) is 14.8. The monoisotopic (exact) mass is 446 g/mol. The van der Waals surface area contributed by atoms with Crippen molar-refractivity contribution in [2.24, 2.45) is 5.41 Å². The number of carbonyl (C=O) groups is 1. The molecule has 11 nitrogen and oxygen atoms in total. The van der Waals surface area contributed by atoms with E-state index in [-0.39, 0.29) is 34.2 Å². The zero-order valence-electron chi connectivity index (χ0n) is 16.9. The van der Waals surface area contributed by atoms with Crippen molar-refractivity contribution in [1.29, 1.82) is 5.41 Å². The molecule has 3 saturated carbocycles. The van der Waals surface area contributed by atoms with Crippen molar-refractivity contribution in [1.82, 2.24) is 10.2 Å². The Morgan fingerprint density at radius 3 is 2.65 bits per heavy atom. The number of aromatic nitrogens is 2. The summed E-state index contributed by atoms with van der Waals surface area (Å²) in [5.74, 6) is -0.849. The fourth-order valence-electron chi connectivity index (χ4n) is 4.28. The fourth-order valence-corrected chi connectivity index (χ4v) is 4.98. The Morgan fingerprint density at radius 1 is 1.35 bits per heavy atom. The predicted molar refractivity (Wildman–Crippen MR) is 115 cm³/mol. The maximum atomic E-state index is 12.6. The first-order valence-electron chi connectivity index (χ1n) is 9.51. The van der Waals surface area contributed by atoms with Crippen molar-refractivity contribution in [3.05, 3.63) is 34.0 Å². The summed E-state index contributed by atoms with van der Waals surface area (Å²) in [4.78, 5) is 25.0. The van der Waals surface area contributed by atoms with E-state index in [9.17, 15) is 14.7 Å². The predicted octanol–water partition coefficient (Wildman–Crippen LogP) is 2.04. The number of anilines is 3. The molecule has 0 radical (unpaired) electrons. The molecule has 5 N–H and O–H groups in total. The lowest BCUT2D eigenvalue weighted by atomic mass is 9.39. The van der Waals surface area contributed by atoms with Gasteiger partial charge in [0.1, 0.15) is 0 Å². The SMILES string of the molecule is COc1c(NC23CC(CO)(C2)C3)cc(C(=O)Nc2nnc(N/C(C)=C\C=N)s2)oc1=O. The standard InChI is InChI=1S/C19H22N6O5S/c1-10(3-4-20)21-16-24-25-17(31-16)22-14(27)12-5-11(13(29-2)15(28)30-12)23-19-6-18(7-19,8-19)9-26/h3-5,20,23,26H,6-9H2,1-2H3,(H,21,24)(H,22,25,27)/b10-3-,20-4?. The highest BCUT2D eigenvalue weighted by atomic mass is 32.1. The molecule has 2 heterocycles. The molecule has 2 bridgehead atoms. The van der Waals surface area contributed by atoms with Crippen LogP contribution in [-0.2, 0) is 0 Å². The summed E-state index contributed by atoms with van der Waals surface area (Å²) in [6, 6.07) is 1.43. The molecule has 0 spiro atoms. The molecule has 2 aromatic rings. The molecule has 5 rings (SSSR count). The van der Waals surface area contributed by atoms with Gasteiger partial charge in [0, 0.05) is 35.5 Å². The molecule has 1 amide bonds. The van der Waals surface area contributed by atoms with Crippen molar-refractivity contribution in [3.8, 4) is 5.75 Å². The Balaban J connectivity index is 1.49. The summed E-state index contributed by atoms with van der Waals surface area (Å²) < 4.78 is 10.3. The molecule has 3 fully saturated rings. The Labute approximate surface area is 181 Å². The molecule has 12 heteroatoms. The van der Waals surface area contributed by atoms with Gasteiger partial charge in [0.2, 0.25) is 16.0 Å². The van der Waals surface area contributed by atoms with Gasteiger partial charge in [-0.2, -0.15) is 0 Å². The van der Waals surface area contributed by atoms with Gasteiger partial charge in [0.15, 0.2) is 5.76 Å². The van der Waals surface area contributed by atoms with E-state index in [1.54, 1.807) is 13.0 Å². The first kappa shape index (κ1) is 21.0. The maximum Gasteiger partial charge on any atom is 0.381 e. The van der Waals surface area contributed by atoms with Crippen LogP contribution in [0.4, 0.5) is 16.0 Å². The third kappa shape index (κ3) is 3.91. The molecule has 2 aromatic heterocycles. The Morgan fingerprint density at radius 2 is 2.03 bits per heavy atom. The minimum absolute atomic E-state index is 0.00446. The van der Waals surface area contributed by atoms with E-state index in [0.717, 1.165) is 36.8 Å². The zero-order valence-corrected chi connectivity index (χ0v) is 17.8. The highest BCUT2D eigenvalue weighted by Crippen LogP contribution is 2.68. The molecule has 0 unspecified atom stereocenters. The minimum atomic E-state index is -0.770. The summed E-state index contributed by atoms with van der Waals surface area (Å²) >= 11 is 1.09. The third-order valence-corrected chi connectivity index (χ3v) is 6.25. The molecule has 0 atom stereocenters. The average molecular weight is 446 g/mol. The number of aliphatic hydroxyl groups is 1. The van der Waals surface area contributed by atoms with Crippen LogP contribution in [0.2, 0.25) is 0 Å². The average Bonchev–Trinajstić information content (AvgIpc) is 3.09. The van der Waals surface area contributed by atoms with Crippen molar-refractivity contribution in [2.75, 3.05) is 29.7 Å². The van der Waals surface area contributed by atoms with Gasteiger partial charge in [-0.05, 0) is 32.3 Å². The number of amides is 1. The molecular formula is C19H22N6O5S. The first-order valence-corrected chi connectivity index (χ1v) is 10.3. The Bertz CT molecular complexity index is 1100. The van der Waals surface area contributed by atoms with Crippen LogP contribution >= 0.6 is 11.3 Å². The van der Waals surface area contributed by atoms with Gasteiger partial charge in [0.25, 0.3) is 5.91 Å². The highest BCUT2D eigenvalue weighted by molar-refractivity contribution is 7.19. The Hall–Kier alpha value is -3.25. The van der Waals surface area contributed by atoms with Crippen molar-refractivity contribution in [3.63, 3.8) is 0 Å². The smallest absolute Gasteiger partial charge is 0.381 e. The summed E-state index contributed by atoms with van der Waals surface area (Å²) in [5.41, 5.74) is 0.0855. The lowest BCUT2D eigenvalue weighted by Gasteiger charge is -2.70. The summed E-state index contributed by atoms with van der Waals surface area (Å²) in [6.07, 6.45) is 5.09. The molecule has 0 saturated heterocycles. The van der Waals surface area contributed by atoms with Crippen LogP contribution in [0.15, 0.2) is 27.1 Å². The number of carbonyl (C=O) groups excluding carboxylic acids is 1. The van der Waals surface area contributed by atoms with E-state index in [2.05, 4.69) is 26.1 Å². The molecule has 164 valence electrons. The number of nitrogens with one attached hydrogen (secondary N) is 4. The number of ether oxygens (including phenoxy) is 1. The second kappa shape index (κ2) is 7.78. The number of hydrogen-bond acceptors (Lipinski definition) is 11. The van der Waals surface area contributed by atoms with Crippen molar-refractivity contribution in [2.45, 2.75) is 31.7 Å². The number of aliphatic hydroxyl groups excluding tert-OH is 1. The molecular weight excluding hydrogens is 424 g/mol. The second-order valence-corrected chi connectivity index (χ2v) is 8.92. The van der Waals surface area contributed by atoms with Gasteiger partial charge in [-0.15, -0.1) is 10.2 Å². The van der Waals surface area contributed by atoms with E-state index in [1.807, 2.05) is 0 Å². The largest absolute Gasteiger partial charge is 0.488 e. The highest BCUT2D eigenvalue weighted by Gasteiger charge is 2.67. The van der Waals surface area contributed by atoms with Crippen LogP contribution in [-0.4, -0.2) is 46.7 Å². The van der Waals surface area contributed by atoms with E-state index >= 15 is 0 Å². The number of nitrogens with zero attached hydrogens (tertiary/aromatic N) is 2. The van der Waals surface area contributed by atoms with E-state index < -0.39 is 11.5 Å². The molecule has 0 aromatic carbocycles. The normalized spacial score (nSPS) is 23.9. The number of hydrogen-bond donors (Lipinski definition) is 5. The van der Waals surface area contributed by atoms with Crippen molar-refractivity contribution >= 4 is 39.4 Å². The number of methoxy groups -OCH3 is 1. The molecule has 0 aliphatic heterocycles. The van der Waals surface area contributed by atoms with Gasteiger partial charge in [-0.1, -0.05) is 11.3 Å². The van der Waals surface area contributed by atoms with Gasteiger partial charge in [0.05, 0.1) is 12.8 Å². The second-order valence-electron chi connectivity index (χ2n) is 7.95. The lowest BCUT2D eigenvalue weighted by Crippen LogP contribution is -2.72. The lowest BCUT2D eigenvalue weighted by molar-refractivity contribution is -0.146. The summed E-state index contributed by atoms with van der Waals surface area (Å²) in [5, 5.41) is 33.8. The van der Waals surface area contributed by atoms with Crippen molar-refractivity contribution < 1.29 is 19.1 Å². The molecule has 3 aliphatic carbocycles. The van der Waals surface area contributed by atoms with Crippen LogP contribution in [0.5, 0.6) is 5.75 Å². The van der Waals surface area contributed by atoms with E-state index in [0.29, 0.717) is 16.5 Å². The van der Waals surface area contributed by atoms with E-state index in [1.165, 1.54) is 13.2 Å². The topological polar surface area (TPSA) is 162 Å². The van der Waals surface area contributed by atoms with Gasteiger partial charge >= 0.3 is 5.63 Å². The van der Waals surface area contributed by atoms with Crippen LogP contribution < -0.4 is 26.3 Å². The summed E-state index contributed by atoms with van der Waals surface area (Å²) in [6.45, 7) is 1.91. The third-order valence-electron chi connectivity index (χ3n) is 5.49. The zero-order chi connectivity index (χ0) is 22.2. The summed E-state index contributed by atoms with van der Waals surface area (Å²) in [7, 11) is 1.36. The van der Waals surface area contributed by atoms with Crippen LogP contribution in [0, 0.1) is 10.8 Å². The Kier molecular flexibility index (Phi) is 5.27. The quantitative estimate of drug-likeness (QED) is 0.363. The minimum Gasteiger partial charge on any atom is -0.488 e. The number of rotatable bonds is 9. The number of allylic oxidation sites excluding steroid dienone is 2. The molecule has 31 heavy (non-hydrogen) atoms. The fraction of sp³-hybridized carbons (Fsp3) is 0.421. The van der Waals surface area contributed by atoms with Gasteiger partial charge in [-0.25, -0.2) is 4.79 Å². The maximum absolute atomic E-state index is 12.6. The van der Waals surface area contributed by atoms with Gasteiger partial charge in [-0.3, -0.25) is 10.1 Å².